The SMILES string of the molecule is COC(=O)[C@H]([C@H](C(=O)OC)[P+](=O)O)[P+](=O)O. The summed E-state index contributed by atoms with van der Waals surface area (Å²) in [6, 6.07) is 0. The standard InChI is InChI=1S/C6H8O8P2/c1-13-5(7)3(15(9)10)4(16(11)12)6(8)14-2/h3-4H,1-2H3/p+2/t3-,4+. The van der Waals surface area contributed by atoms with E-state index in [1.807, 2.05) is 0 Å². The van der Waals surface area contributed by atoms with Crippen LogP contribution >= 0.6 is 16.1 Å². The lowest BCUT2D eigenvalue weighted by atomic mass is 10.3. The van der Waals surface area contributed by atoms with Crippen LogP contribution in [0.5, 0.6) is 0 Å². The van der Waals surface area contributed by atoms with Gasteiger partial charge < -0.3 is 9.47 Å². The highest BCUT2D eigenvalue weighted by Gasteiger charge is 2.60. The van der Waals surface area contributed by atoms with E-state index in [9.17, 15) is 18.7 Å². The van der Waals surface area contributed by atoms with Crippen molar-refractivity contribution < 1.29 is 38.0 Å². The quantitative estimate of drug-likeness (QED) is 0.508. The average Bonchev–Trinajstić information content (AvgIpc) is 2.22. The summed E-state index contributed by atoms with van der Waals surface area (Å²) in [5.41, 5.74) is -3.83. The zero-order valence-corrected chi connectivity index (χ0v) is 10.2. The van der Waals surface area contributed by atoms with E-state index in [-0.39, 0.29) is 0 Å². The average molecular weight is 272 g/mol. The third kappa shape index (κ3) is 3.57. The van der Waals surface area contributed by atoms with Gasteiger partial charge in [0.1, 0.15) is 0 Å². The van der Waals surface area contributed by atoms with Gasteiger partial charge in [0, 0.05) is 0 Å². The first-order valence-electron chi connectivity index (χ1n) is 3.83. The number of hydrogen-bond donors (Lipinski definition) is 2. The van der Waals surface area contributed by atoms with E-state index in [2.05, 4.69) is 9.47 Å². The summed E-state index contributed by atoms with van der Waals surface area (Å²) in [7, 11) is -4.53. The lowest BCUT2D eigenvalue weighted by Crippen LogP contribution is -2.36. The maximum atomic E-state index is 11.1. The number of carbonyl (C=O) groups excluding carboxylic acids is 2. The lowest BCUT2D eigenvalue weighted by Gasteiger charge is -2.04. The zero-order chi connectivity index (χ0) is 12.9. The molecule has 0 aromatic rings. The summed E-state index contributed by atoms with van der Waals surface area (Å²) in [6.45, 7) is 0. The van der Waals surface area contributed by atoms with E-state index >= 15 is 0 Å². The van der Waals surface area contributed by atoms with Gasteiger partial charge in [-0.2, -0.15) is 9.79 Å². The second kappa shape index (κ2) is 6.60. The van der Waals surface area contributed by atoms with E-state index in [1.54, 1.807) is 0 Å². The van der Waals surface area contributed by atoms with Gasteiger partial charge in [-0.15, -0.1) is 0 Å². The number of hydrogen-bond acceptors (Lipinski definition) is 6. The van der Waals surface area contributed by atoms with Crippen LogP contribution in [0.2, 0.25) is 0 Å². The Hall–Kier alpha value is -0.940. The Morgan fingerprint density at radius 2 is 1.19 bits per heavy atom. The summed E-state index contributed by atoms with van der Waals surface area (Å²) in [5.74, 6) is -2.45. The minimum Gasteiger partial charge on any atom is -0.465 e. The van der Waals surface area contributed by atoms with E-state index in [0.717, 1.165) is 14.2 Å². The van der Waals surface area contributed by atoms with Gasteiger partial charge >= 0.3 is 39.3 Å². The van der Waals surface area contributed by atoms with Crippen LogP contribution in [0.4, 0.5) is 0 Å². The van der Waals surface area contributed by atoms with Crippen LogP contribution in [0.3, 0.4) is 0 Å². The van der Waals surface area contributed by atoms with Crippen LogP contribution in [0, 0.1) is 0 Å². The van der Waals surface area contributed by atoms with Crippen molar-refractivity contribution in [2.24, 2.45) is 0 Å². The molecule has 0 aliphatic carbocycles. The maximum absolute atomic E-state index is 11.1. The van der Waals surface area contributed by atoms with E-state index in [4.69, 9.17) is 9.79 Å². The van der Waals surface area contributed by atoms with Crippen molar-refractivity contribution in [1.82, 2.24) is 0 Å². The molecule has 16 heavy (non-hydrogen) atoms. The molecule has 0 amide bonds. The molecule has 0 bridgehead atoms. The molecular formula is C6H10O8P2+2. The topological polar surface area (TPSA) is 127 Å². The number of methoxy groups -OCH3 is 2. The molecule has 0 saturated heterocycles. The molecule has 0 heterocycles. The highest BCUT2D eigenvalue weighted by Crippen LogP contribution is 2.38. The summed E-state index contributed by atoms with van der Waals surface area (Å²) < 4.78 is 30.1. The van der Waals surface area contributed by atoms with Crippen LogP contribution in [0.15, 0.2) is 0 Å². The minimum atomic E-state index is -3.19. The summed E-state index contributed by atoms with van der Waals surface area (Å²) in [4.78, 5) is 39.9. The Bertz CT molecular complexity index is 294. The third-order valence-corrected chi connectivity index (χ3v) is 3.87. The van der Waals surface area contributed by atoms with Gasteiger partial charge in [-0.3, -0.25) is 0 Å². The smallest absolute Gasteiger partial charge is 0.465 e. The van der Waals surface area contributed by atoms with Gasteiger partial charge in [0.05, 0.1) is 14.2 Å². The van der Waals surface area contributed by atoms with E-state index in [0.29, 0.717) is 0 Å². The van der Waals surface area contributed by atoms with Crippen LogP contribution in [-0.2, 0) is 28.2 Å². The Balaban J connectivity index is 5.27. The molecule has 0 aromatic carbocycles. The van der Waals surface area contributed by atoms with E-state index < -0.39 is 39.3 Å². The predicted molar refractivity (Wildman–Crippen MR) is 51.3 cm³/mol. The second-order valence-electron chi connectivity index (χ2n) is 2.54. The van der Waals surface area contributed by atoms with Gasteiger partial charge in [-0.1, -0.05) is 0 Å². The number of esters is 2. The Morgan fingerprint density at radius 3 is 1.31 bits per heavy atom. The van der Waals surface area contributed by atoms with Gasteiger partial charge in [-0.05, 0) is 9.13 Å². The maximum Gasteiger partial charge on any atom is 0.526 e. The van der Waals surface area contributed by atoms with Crippen molar-refractivity contribution in [3.05, 3.63) is 0 Å². The molecule has 0 radical (unpaired) electrons. The number of carbonyl (C=O) groups is 2. The molecular weight excluding hydrogens is 262 g/mol. The minimum absolute atomic E-state index is 0.924. The highest BCUT2D eigenvalue weighted by atomic mass is 31.1. The molecule has 0 rings (SSSR count). The number of ether oxygens (including phenoxy) is 2. The second-order valence-corrected chi connectivity index (χ2v) is 4.86. The lowest BCUT2D eigenvalue weighted by molar-refractivity contribution is -0.146. The molecule has 2 unspecified atom stereocenters. The van der Waals surface area contributed by atoms with Crippen molar-refractivity contribution in [2.75, 3.05) is 14.2 Å². The van der Waals surface area contributed by atoms with Gasteiger partial charge in [-0.25, -0.2) is 9.59 Å². The summed E-state index contributed by atoms with van der Waals surface area (Å²) >= 11 is 0. The van der Waals surface area contributed by atoms with Crippen molar-refractivity contribution >= 4 is 28.0 Å². The van der Waals surface area contributed by atoms with Crippen LogP contribution < -0.4 is 0 Å². The predicted octanol–water partition coefficient (Wildman–Crippen LogP) is -0.461. The molecule has 0 fully saturated rings. The first-order chi connectivity index (χ1) is 7.36. The van der Waals surface area contributed by atoms with Gasteiger partial charge in [0.2, 0.25) is 0 Å². The van der Waals surface area contributed by atoms with Gasteiger partial charge in [0.25, 0.3) is 0 Å². The van der Waals surface area contributed by atoms with Crippen LogP contribution in [0.1, 0.15) is 0 Å². The molecule has 0 aliphatic rings. The summed E-state index contributed by atoms with van der Waals surface area (Å²) in [6.07, 6.45) is 0. The Morgan fingerprint density at radius 1 is 0.938 bits per heavy atom. The summed E-state index contributed by atoms with van der Waals surface area (Å²) in [5, 5.41) is 0. The molecule has 90 valence electrons. The molecule has 0 aliphatic heterocycles. The van der Waals surface area contributed by atoms with Gasteiger partial charge in [0.15, 0.2) is 0 Å². The third-order valence-electron chi connectivity index (χ3n) is 1.66. The fourth-order valence-corrected chi connectivity index (χ4v) is 2.90. The molecule has 4 atom stereocenters. The zero-order valence-electron chi connectivity index (χ0n) is 8.39. The molecule has 0 saturated carbocycles. The Kier molecular flexibility index (Phi) is 6.21. The fraction of sp³-hybridized carbons (Fsp3) is 0.667. The highest BCUT2D eigenvalue weighted by molar-refractivity contribution is 7.45. The molecule has 8 nitrogen and oxygen atoms in total. The molecule has 0 aromatic heterocycles. The van der Waals surface area contributed by atoms with Crippen molar-refractivity contribution in [2.45, 2.75) is 11.3 Å². The largest absolute Gasteiger partial charge is 0.526 e. The van der Waals surface area contributed by atoms with Crippen molar-refractivity contribution in [3.8, 4) is 0 Å². The molecule has 0 spiro atoms. The normalized spacial score (nSPS) is 15.8. The van der Waals surface area contributed by atoms with Crippen LogP contribution in [-0.4, -0.2) is 47.3 Å². The fourth-order valence-electron chi connectivity index (χ4n) is 0.921. The van der Waals surface area contributed by atoms with Crippen LogP contribution in [0.25, 0.3) is 0 Å². The molecule has 10 heteroatoms. The first-order valence-corrected chi connectivity index (χ1v) is 6.39. The van der Waals surface area contributed by atoms with Crippen molar-refractivity contribution in [1.29, 1.82) is 0 Å². The number of rotatable bonds is 5. The monoisotopic (exact) mass is 272 g/mol. The Labute approximate surface area is 92.3 Å². The first kappa shape index (κ1) is 15.1. The van der Waals surface area contributed by atoms with Crippen molar-refractivity contribution in [3.63, 3.8) is 0 Å². The van der Waals surface area contributed by atoms with E-state index in [1.165, 1.54) is 0 Å². The molecule has 2 N–H and O–H groups in total.